The maximum atomic E-state index is 13.2. The molecule has 0 aliphatic carbocycles. The molecule has 1 aromatic carbocycles. The molecule has 7 rings (SSSR count). The van der Waals surface area contributed by atoms with E-state index in [2.05, 4.69) is 20.5 Å². The number of morpholine rings is 1. The van der Waals surface area contributed by atoms with Gasteiger partial charge in [-0.25, -0.2) is 9.78 Å². The van der Waals surface area contributed by atoms with E-state index in [0.29, 0.717) is 23.0 Å². The number of aryl methyl sites for hydroxylation is 1. The summed E-state index contributed by atoms with van der Waals surface area (Å²) in [6.45, 7) is 1.59. The highest BCUT2D eigenvalue weighted by atomic mass is 16.5. The average Bonchev–Trinajstić information content (AvgIpc) is 3.36. The number of urea groups is 1. The van der Waals surface area contributed by atoms with Gasteiger partial charge in [0.1, 0.15) is 11.4 Å². The van der Waals surface area contributed by atoms with Gasteiger partial charge in [0.25, 0.3) is 0 Å². The Bertz CT molecular complexity index is 1350. The Balaban J connectivity index is 1.38. The Morgan fingerprint density at radius 1 is 1.26 bits per heavy atom. The number of ketones is 1. The number of hydrogen-bond acceptors (Lipinski definition) is 6. The first-order valence-electron chi connectivity index (χ1n) is 11.4. The van der Waals surface area contributed by atoms with Crippen molar-refractivity contribution >= 4 is 40.3 Å². The van der Waals surface area contributed by atoms with E-state index < -0.39 is 0 Å². The zero-order chi connectivity index (χ0) is 23.4. The topological polar surface area (TPSA) is 97.7 Å². The molecule has 0 spiro atoms. The molecular weight excluding hydrogens is 434 g/mol. The number of nitrogens with zero attached hydrogens (tertiary/aromatic N) is 3. The molecule has 2 bridgehead atoms. The lowest BCUT2D eigenvalue weighted by Crippen LogP contribution is -2.54. The Morgan fingerprint density at radius 3 is 2.88 bits per heavy atom. The molecule has 2 aromatic heterocycles. The Morgan fingerprint density at radius 2 is 2.15 bits per heavy atom. The Kier molecular flexibility index (Phi) is 4.80. The van der Waals surface area contributed by atoms with E-state index in [9.17, 15) is 9.59 Å². The quantitative estimate of drug-likeness (QED) is 0.584. The van der Waals surface area contributed by atoms with Crippen LogP contribution in [0.5, 0.6) is 5.75 Å². The van der Waals surface area contributed by atoms with Crippen molar-refractivity contribution in [1.29, 1.82) is 0 Å². The van der Waals surface area contributed by atoms with Crippen molar-refractivity contribution in [2.24, 2.45) is 7.05 Å². The normalized spacial score (nSPS) is 22.2. The highest BCUT2D eigenvalue weighted by molar-refractivity contribution is 6.16. The third-order valence-corrected chi connectivity index (χ3v) is 6.80. The summed E-state index contributed by atoms with van der Waals surface area (Å²) in [4.78, 5) is 31.8. The lowest BCUT2D eigenvalue weighted by atomic mass is 9.95. The van der Waals surface area contributed by atoms with Crippen molar-refractivity contribution in [3.05, 3.63) is 53.5 Å². The summed E-state index contributed by atoms with van der Waals surface area (Å²) < 4.78 is 13.8. The number of pyridine rings is 1. The number of allylic oxidation sites excluding steroid dienone is 1. The minimum Gasteiger partial charge on any atom is -0.452 e. The number of anilines is 2. The van der Waals surface area contributed by atoms with Crippen LogP contribution in [0.3, 0.4) is 0 Å². The number of fused-ring (bicyclic) bond motifs is 5. The number of carbonyl (C=O) groups is 2. The monoisotopic (exact) mass is 459 g/mol. The van der Waals surface area contributed by atoms with Crippen LogP contribution in [0.25, 0.3) is 17.1 Å². The molecule has 6 heterocycles. The van der Waals surface area contributed by atoms with Crippen LogP contribution in [0, 0.1) is 0 Å². The lowest BCUT2D eigenvalue weighted by Gasteiger charge is -2.46. The number of amides is 2. The van der Waals surface area contributed by atoms with Gasteiger partial charge in [0.2, 0.25) is 5.78 Å². The van der Waals surface area contributed by atoms with E-state index in [1.54, 1.807) is 24.3 Å². The van der Waals surface area contributed by atoms with Crippen LogP contribution in [0.15, 0.2) is 42.4 Å². The fourth-order valence-electron chi connectivity index (χ4n) is 5.12. The van der Waals surface area contributed by atoms with Crippen LogP contribution in [-0.2, 0) is 11.8 Å². The number of carbonyl (C=O) groups excluding carboxylic acids is 2. The number of Topliss-reactive ketones (excluding diaryl/α,β-unsaturated/α-hetero) is 1. The molecular formula is C25H25N5O4. The second kappa shape index (κ2) is 7.88. The minimum atomic E-state index is -0.352. The van der Waals surface area contributed by atoms with Gasteiger partial charge in [0, 0.05) is 49.7 Å². The summed E-state index contributed by atoms with van der Waals surface area (Å²) in [5, 5.41) is 6.18. The van der Waals surface area contributed by atoms with E-state index in [-0.39, 0.29) is 23.7 Å². The summed E-state index contributed by atoms with van der Waals surface area (Å²) in [5.74, 6) is 0.504. The fraction of sp³-hybridized carbons (Fsp3) is 0.320. The standard InChI is InChI=1S/C25H25N5O4/c1-26-25(32)28-15-3-6-20-18(10-15)23(31)21(34-20)9-14-11-29(2)24-22(14)19(7-8-27-24)30-12-17-5-4-16(30)13-33-17/h3,6-11,16-17H,4-5,12-13H2,1-2H3,(H2,26,28,32)/b21-9-. The van der Waals surface area contributed by atoms with Crippen molar-refractivity contribution in [1.82, 2.24) is 14.9 Å². The number of rotatable bonds is 3. The van der Waals surface area contributed by atoms with Crippen molar-refractivity contribution in [2.75, 3.05) is 30.4 Å². The summed E-state index contributed by atoms with van der Waals surface area (Å²) in [6, 6.07) is 7.07. The third kappa shape index (κ3) is 3.31. The second-order valence-corrected chi connectivity index (χ2v) is 8.92. The van der Waals surface area contributed by atoms with Crippen molar-refractivity contribution < 1.29 is 19.1 Å². The minimum absolute atomic E-state index is 0.219. The molecule has 2 unspecified atom stereocenters. The zero-order valence-electron chi connectivity index (χ0n) is 19.0. The summed E-state index contributed by atoms with van der Waals surface area (Å²) >= 11 is 0. The first-order valence-corrected chi connectivity index (χ1v) is 11.4. The predicted molar refractivity (Wildman–Crippen MR) is 128 cm³/mol. The molecule has 9 nitrogen and oxygen atoms in total. The molecule has 3 aromatic rings. The van der Waals surface area contributed by atoms with E-state index in [4.69, 9.17) is 9.47 Å². The molecule has 4 aliphatic heterocycles. The van der Waals surface area contributed by atoms with Crippen LogP contribution < -0.4 is 20.3 Å². The van der Waals surface area contributed by atoms with Crippen LogP contribution in [0.2, 0.25) is 0 Å². The first kappa shape index (κ1) is 20.7. The van der Waals surface area contributed by atoms with Crippen molar-refractivity contribution in [2.45, 2.75) is 25.0 Å². The molecule has 174 valence electrons. The maximum Gasteiger partial charge on any atom is 0.318 e. The molecule has 4 aliphatic rings. The average molecular weight is 460 g/mol. The lowest BCUT2D eigenvalue weighted by molar-refractivity contribution is -0.0224. The first-order chi connectivity index (χ1) is 16.5. The molecule has 3 fully saturated rings. The number of ether oxygens (including phenoxy) is 2. The molecule has 0 saturated carbocycles. The number of piperidine rings is 1. The highest BCUT2D eigenvalue weighted by Crippen LogP contribution is 2.39. The maximum absolute atomic E-state index is 13.2. The van der Waals surface area contributed by atoms with Crippen molar-refractivity contribution in [3.63, 3.8) is 0 Å². The smallest absolute Gasteiger partial charge is 0.318 e. The summed E-state index contributed by atoms with van der Waals surface area (Å²) in [5.41, 5.74) is 3.78. The molecule has 34 heavy (non-hydrogen) atoms. The molecule has 3 saturated heterocycles. The number of nitrogens with one attached hydrogen (secondary N) is 2. The molecule has 2 atom stereocenters. The van der Waals surface area contributed by atoms with Crippen LogP contribution >= 0.6 is 0 Å². The highest BCUT2D eigenvalue weighted by Gasteiger charge is 2.36. The number of aromatic nitrogens is 2. The van der Waals surface area contributed by atoms with Crippen LogP contribution in [0.1, 0.15) is 28.8 Å². The van der Waals surface area contributed by atoms with Gasteiger partial charge in [-0.1, -0.05) is 0 Å². The molecule has 0 radical (unpaired) electrons. The fourth-order valence-corrected chi connectivity index (χ4v) is 5.12. The van der Waals surface area contributed by atoms with E-state index in [0.717, 1.165) is 48.3 Å². The van der Waals surface area contributed by atoms with Gasteiger partial charge >= 0.3 is 6.03 Å². The number of hydrogen-bond donors (Lipinski definition) is 2. The van der Waals surface area contributed by atoms with Gasteiger partial charge in [0.05, 0.1) is 30.0 Å². The summed E-state index contributed by atoms with van der Waals surface area (Å²) in [6.07, 6.45) is 8.07. The largest absolute Gasteiger partial charge is 0.452 e. The van der Waals surface area contributed by atoms with Gasteiger partial charge in [-0.3, -0.25) is 4.79 Å². The van der Waals surface area contributed by atoms with Gasteiger partial charge in [-0.05, 0) is 43.2 Å². The van der Waals surface area contributed by atoms with E-state index in [1.807, 2.05) is 30.1 Å². The summed E-state index contributed by atoms with van der Waals surface area (Å²) in [7, 11) is 3.49. The van der Waals surface area contributed by atoms with Crippen molar-refractivity contribution in [3.8, 4) is 5.75 Å². The second-order valence-electron chi connectivity index (χ2n) is 8.92. The van der Waals surface area contributed by atoms with Gasteiger partial charge in [0.15, 0.2) is 5.76 Å². The molecule has 9 heteroatoms. The Hall–Kier alpha value is -3.85. The van der Waals surface area contributed by atoms with E-state index >= 15 is 0 Å². The molecule has 2 N–H and O–H groups in total. The van der Waals surface area contributed by atoms with Crippen LogP contribution in [-0.4, -0.2) is 53.7 Å². The van der Waals surface area contributed by atoms with Gasteiger partial charge in [-0.2, -0.15) is 0 Å². The number of benzene rings is 1. The Labute approximate surface area is 196 Å². The van der Waals surface area contributed by atoms with Crippen LogP contribution in [0.4, 0.5) is 16.2 Å². The van der Waals surface area contributed by atoms with E-state index in [1.165, 1.54) is 7.05 Å². The SMILES string of the molecule is CNC(=O)Nc1ccc2c(c1)C(=O)/C(=C/c1cn(C)c3nccc(N4CC5CCC4CO5)c13)O2. The molecule has 2 amide bonds. The third-order valence-electron chi connectivity index (χ3n) is 6.80. The van der Waals surface area contributed by atoms with Gasteiger partial charge in [-0.15, -0.1) is 0 Å². The van der Waals surface area contributed by atoms with Gasteiger partial charge < -0.3 is 29.6 Å². The predicted octanol–water partition coefficient (Wildman–Crippen LogP) is 3.31. The zero-order valence-corrected chi connectivity index (χ0v) is 19.0.